The molecule has 0 unspecified atom stereocenters. The van der Waals surface area contributed by atoms with Gasteiger partial charge in [-0.15, -0.1) is 0 Å². The molecule has 0 bridgehead atoms. The fourth-order valence-corrected chi connectivity index (χ4v) is 9.63. The molecule has 1 aliphatic rings. The van der Waals surface area contributed by atoms with Gasteiger partial charge in [0.1, 0.15) is 0 Å². The van der Waals surface area contributed by atoms with Gasteiger partial charge in [-0.05, 0) is 122 Å². The lowest BCUT2D eigenvalue weighted by molar-refractivity contribution is 0.660. The van der Waals surface area contributed by atoms with E-state index in [0.717, 1.165) is 0 Å². The Morgan fingerprint density at radius 2 is 0.940 bits per heavy atom. The van der Waals surface area contributed by atoms with Crippen LogP contribution in [0.3, 0.4) is 0 Å². The van der Waals surface area contributed by atoms with Gasteiger partial charge in [-0.1, -0.05) is 165 Å². The fourth-order valence-electron chi connectivity index (χ4n) is 9.63. The Hall–Kier alpha value is -5.98. The summed E-state index contributed by atoms with van der Waals surface area (Å²) in [7, 11) is 0. The van der Waals surface area contributed by atoms with Crippen molar-refractivity contribution in [3.05, 3.63) is 168 Å². The van der Waals surface area contributed by atoms with E-state index in [1.165, 1.54) is 115 Å². The average Bonchev–Trinajstić information content (AvgIpc) is 3.38. The van der Waals surface area contributed by atoms with Gasteiger partial charge < -0.3 is 0 Å². The molecule has 50 heavy (non-hydrogen) atoms. The van der Waals surface area contributed by atoms with Crippen molar-refractivity contribution in [2.24, 2.45) is 0 Å². The van der Waals surface area contributed by atoms with Gasteiger partial charge in [0, 0.05) is 5.41 Å². The minimum absolute atomic E-state index is 0.0181. The van der Waals surface area contributed by atoms with Gasteiger partial charge in [-0.3, -0.25) is 0 Å². The molecule has 0 radical (unpaired) electrons. The Bertz CT molecular complexity index is 3010. The molecule has 0 amide bonds. The van der Waals surface area contributed by atoms with E-state index in [0.29, 0.717) is 0 Å². The molecule has 10 aromatic carbocycles. The Kier molecular flexibility index (Phi) is 5.47. The third-order valence-electron chi connectivity index (χ3n) is 11.8. The third-order valence-corrected chi connectivity index (χ3v) is 11.8. The van der Waals surface area contributed by atoms with E-state index in [4.69, 9.17) is 0 Å². The maximum Gasteiger partial charge on any atom is 0.0158 e. The van der Waals surface area contributed by atoms with E-state index in [9.17, 15) is 0 Å². The normalized spacial score (nSPS) is 13.7. The van der Waals surface area contributed by atoms with Crippen LogP contribution in [0.15, 0.2) is 152 Å². The van der Waals surface area contributed by atoms with Gasteiger partial charge in [0.15, 0.2) is 0 Å². The minimum Gasteiger partial charge on any atom is -0.0619 e. The molecule has 0 spiro atoms. The van der Waals surface area contributed by atoms with E-state index in [2.05, 4.69) is 172 Å². The van der Waals surface area contributed by atoms with Crippen LogP contribution in [0.25, 0.3) is 98.0 Å². The van der Waals surface area contributed by atoms with Crippen LogP contribution in [0.2, 0.25) is 0 Å². The first kappa shape index (κ1) is 27.9. The highest BCUT2D eigenvalue weighted by atomic mass is 14.4. The lowest BCUT2D eigenvalue weighted by Gasteiger charge is -2.22. The van der Waals surface area contributed by atoms with Gasteiger partial charge in [0.05, 0.1) is 0 Å². The third kappa shape index (κ3) is 3.56. The van der Waals surface area contributed by atoms with Crippen LogP contribution >= 0.6 is 0 Å². The predicted octanol–water partition coefficient (Wildman–Crippen LogP) is 14.0. The monoisotopic (exact) mass is 634 g/mol. The van der Waals surface area contributed by atoms with Crippen molar-refractivity contribution in [2.45, 2.75) is 26.2 Å². The zero-order valence-corrected chi connectivity index (χ0v) is 28.4. The lowest BCUT2D eigenvalue weighted by Crippen LogP contribution is -2.14. The summed E-state index contributed by atoms with van der Waals surface area (Å²) in [6, 6.07) is 57.5. The first-order valence-electron chi connectivity index (χ1n) is 17.8. The van der Waals surface area contributed by atoms with Crippen molar-refractivity contribution in [3.63, 3.8) is 0 Å². The van der Waals surface area contributed by atoms with E-state index in [1.54, 1.807) is 0 Å². The molecule has 0 aliphatic heterocycles. The van der Waals surface area contributed by atoms with Crippen LogP contribution < -0.4 is 0 Å². The fraction of sp³-hybridized carbons (Fsp3) is 0.0800. The summed E-state index contributed by atoms with van der Waals surface area (Å²) in [6.07, 6.45) is 0. The van der Waals surface area contributed by atoms with Crippen LogP contribution in [0.5, 0.6) is 0 Å². The highest BCUT2D eigenvalue weighted by molar-refractivity contribution is 6.35. The molecule has 0 aromatic heterocycles. The topological polar surface area (TPSA) is 0 Å². The molecule has 0 atom stereocenters. The second kappa shape index (κ2) is 9.80. The highest BCUT2D eigenvalue weighted by Crippen LogP contribution is 2.52. The molecular formula is C50H34. The van der Waals surface area contributed by atoms with Gasteiger partial charge in [0.25, 0.3) is 0 Å². The molecule has 234 valence electrons. The molecule has 10 aromatic rings. The van der Waals surface area contributed by atoms with Gasteiger partial charge in [-0.2, -0.15) is 0 Å². The molecule has 0 heteroatoms. The molecule has 0 fully saturated rings. The lowest BCUT2D eigenvalue weighted by atomic mass is 9.81. The van der Waals surface area contributed by atoms with E-state index < -0.39 is 0 Å². The maximum absolute atomic E-state index is 2.46. The second-order valence-electron chi connectivity index (χ2n) is 14.9. The molecule has 0 N–H and O–H groups in total. The van der Waals surface area contributed by atoms with E-state index in [1.807, 2.05) is 0 Å². The molecule has 0 heterocycles. The molecule has 11 rings (SSSR count). The standard InChI is InChI=1S/C50H34/c1-29-21-23-41-43(27-29)47(31-22-26-45-42(28-31)32-13-6-7-20-44(32)50(45,2)3)33-14-4-5-15-36(33)49(41)40-25-24-39-35-17-9-12-30-11-8-16-34(46(30)35)37-18-10-19-38(40)48(37)39/h4-28H,1-3H3. The SMILES string of the molecule is Cc1ccc2c(-c3ccc4c5cccc6cccc(c7cccc3c74)c65)c3ccccc3c(-c3ccc4c(c3)-c3ccccc3C4(C)C)c2c1. The van der Waals surface area contributed by atoms with Crippen LogP contribution in [-0.4, -0.2) is 0 Å². The Morgan fingerprint density at radius 1 is 0.360 bits per heavy atom. The van der Waals surface area contributed by atoms with Crippen molar-refractivity contribution in [1.82, 2.24) is 0 Å². The van der Waals surface area contributed by atoms with Crippen LogP contribution in [0, 0.1) is 6.92 Å². The Balaban J connectivity index is 1.26. The first-order valence-corrected chi connectivity index (χ1v) is 17.8. The second-order valence-corrected chi connectivity index (χ2v) is 14.9. The summed E-state index contributed by atoms with van der Waals surface area (Å²) in [5, 5.41) is 15.8. The summed E-state index contributed by atoms with van der Waals surface area (Å²) in [6.45, 7) is 6.94. The quantitative estimate of drug-likeness (QED) is 0.131. The van der Waals surface area contributed by atoms with Crippen LogP contribution in [0.4, 0.5) is 0 Å². The molecular weight excluding hydrogens is 601 g/mol. The van der Waals surface area contributed by atoms with Crippen LogP contribution in [-0.2, 0) is 5.41 Å². The zero-order chi connectivity index (χ0) is 33.3. The predicted molar refractivity (Wildman–Crippen MR) is 216 cm³/mol. The van der Waals surface area contributed by atoms with Gasteiger partial charge in [0.2, 0.25) is 0 Å². The smallest absolute Gasteiger partial charge is 0.0158 e. The largest absolute Gasteiger partial charge is 0.0619 e. The Labute approximate surface area is 291 Å². The van der Waals surface area contributed by atoms with Gasteiger partial charge >= 0.3 is 0 Å². The van der Waals surface area contributed by atoms with Crippen molar-refractivity contribution >= 4 is 64.6 Å². The number of hydrogen-bond acceptors (Lipinski definition) is 0. The highest BCUT2D eigenvalue weighted by Gasteiger charge is 2.35. The van der Waals surface area contributed by atoms with Crippen molar-refractivity contribution in [3.8, 4) is 33.4 Å². The Morgan fingerprint density at radius 3 is 1.74 bits per heavy atom. The zero-order valence-electron chi connectivity index (χ0n) is 28.4. The van der Waals surface area contributed by atoms with Crippen LogP contribution in [0.1, 0.15) is 30.5 Å². The number of aryl methyl sites for hydroxylation is 1. The molecule has 0 saturated carbocycles. The summed E-state index contributed by atoms with van der Waals surface area (Å²) in [5.74, 6) is 0. The van der Waals surface area contributed by atoms with E-state index >= 15 is 0 Å². The van der Waals surface area contributed by atoms with Crippen molar-refractivity contribution in [1.29, 1.82) is 0 Å². The number of benzene rings is 10. The molecule has 0 saturated heterocycles. The number of fused-ring (bicyclic) bond motifs is 7. The summed E-state index contributed by atoms with van der Waals surface area (Å²) in [5.41, 5.74) is 12.0. The van der Waals surface area contributed by atoms with E-state index in [-0.39, 0.29) is 5.41 Å². The number of hydrogen-bond donors (Lipinski definition) is 0. The maximum atomic E-state index is 2.46. The minimum atomic E-state index is -0.0181. The van der Waals surface area contributed by atoms with Crippen molar-refractivity contribution < 1.29 is 0 Å². The number of rotatable bonds is 2. The summed E-state index contributed by atoms with van der Waals surface area (Å²) in [4.78, 5) is 0. The molecule has 0 nitrogen and oxygen atoms in total. The van der Waals surface area contributed by atoms with Gasteiger partial charge in [-0.25, -0.2) is 0 Å². The summed E-state index contributed by atoms with van der Waals surface area (Å²) < 4.78 is 0. The average molecular weight is 635 g/mol. The molecule has 1 aliphatic carbocycles. The first-order chi connectivity index (χ1) is 24.5. The van der Waals surface area contributed by atoms with Crippen molar-refractivity contribution in [2.75, 3.05) is 0 Å². The summed E-state index contributed by atoms with van der Waals surface area (Å²) >= 11 is 0.